The molecular weight excluding hydrogens is 168 g/mol. The lowest BCUT2D eigenvalue weighted by Gasteiger charge is -2.25. The second-order valence-electron chi connectivity index (χ2n) is 3.22. The van der Waals surface area contributed by atoms with Gasteiger partial charge in [0, 0.05) is 19.8 Å². The molecule has 0 radical (unpaired) electrons. The van der Waals surface area contributed by atoms with Gasteiger partial charge in [0.1, 0.15) is 0 Å². The van der Waals surface area contributed by atoms with Gasteiger partial charge in [-0.3, -0.25) is 9.52 Å². The van der Waals surface area contributed by atoms with E-state index in [1.54, 1.807) is 15.9 Å². The molecule has 2 heterocycles. The van der Waals surface area contributed by atoms with Crippen LogP contribution in [0, 0.1) is 0 Å². The Balaban J connectivity index is 2.18. The van der Waals surface area contributed by atoms with Crippen LogP contribution in [0.2, 0.25) is 0 Å². The summed E-state index contributed by atoms with van der Waals surface area (Å²) in [6, 6.07) is 0. The minimum atomic E-state index is 0.671. The molecule has 0 spiro atoms. The molecule has 5 heteroatoms. The van der Waals surface area contributed by atoms with E-state index in [4.69, 9.17) is 10.6 Å². The first kappa shape index (κ1) is 8.37. The fourth-order valence-corrected chi connectivity index (χ4v) is 1.45. The van der Waals surface area contributed by atoms with Crippen LogP contribution < -0.4 is 10.8 Å². The minimum absolute atomic E-state index is 0.671. The molecule has 72 valence electrons. The third kappa shape index (κ3) is 1.60. The molecule has 0 aliphatic carbocycles. The zero-order valence-electron chi connectivity index (χ0n) is 7.73. The molecule has 13 heavy (non-hydrogen) atoms. The highest BCUT2D eigenvalue weighted by atomic mass is 16.7. The smallest absolute Gasteiger partial charge is 0.197 e. The van der Waals surface area contributed by atoms with Crippen molar-refractivity contribution in [2.75, 3.05) is 23.9 Å². The van der Waals surface area contributed by atoms with Crippen molar-refractivity contribution < 1.29 is 4.84 Å². The molecule has 1 aliphatic rings. The number of hydrogen-bond acceptors (Lipinski definition) is 4. The van der Waals surface area contributed by atoms with Crippen LogP contribution in [0.4, 0.5) is 11.5 Å². The van der Waals surface area contributed by atoms with E-state index in [0.29, 0.717) is 5.69 Å². The average molecular weight is 182 g/mol. The van der Waals surface area contributed by atoms with Gasteiger partial charge in [-0.05, 0) is 12.8 Å². The van der Waals surface area contributed by atoms with Gasteiger partial charge in [0.25, 0.3) is 0 Å². The van der Waals surface area contributed by atoms with Gasteiger partial charge in [0.05, 0.1) is 12.3 Å². The maximum Gasteiger partial charge on any atom is 0.197 e. The Bertz CT molecular complexity index is 290. The van der Waals surface area contributed by atoms with Crippen molar-refractivity contribution in [3.63, 3.8) is 0 Å². The van der Waals surface area contributed by atoms with Crippen LogP contribution >= 0.6 is 0 Å². The molecule has 0 saturated carbocycles. The van der Waals surface area contributed by atoms with Gasteiger partial charge < -0.3 is 5.73 Å². The van der Waals surface area contributed by atoms with Gasteiger partial charge in [-0.25, -0.2) is 5.06 Å². The normalized spacial score (nSPS) is 17.8. The predicted molar refractivity (Wildman–Crippen MR) is 50.2 cm³/mol. The fraction of sp³-hybridized carbons (Fsp3) is 0.625. The first-order valence-electron chi connectivity index (χ1n) is 4.47. The highest BCUT2D eigenvalue weighted by Crippen LogP contribution is 2.22. The lowest BCUT2D eigenvalue weighted by atomic mass is 10.3. The Morgan fingerprint density at radius 1 is 1.54 bits per heavy atom. The van der Waals surface area contributed by atoms with Crippen LogP contribution in [0.15, 0.2) is 6.20 Å². The van der Waals surface area contributed by atoms with Crippen LogP contribution in [0.3, 0.4) is 0 Å². The van der Waals surface area contributed by atoms with Gasteiger partial charge in [-0.1, -0.05) is 0 Å². The summed E-state index contributed by atoms with van der Waals surface area (Å²) in [6.45, 7) is 1.64. The van der Waals surface area contributed by atoms with Crippen molar-refractivity contribution >= 4 is 11.5 Å². The topological polar surface area (TPSA) is 56.3 Å². The molecule has 1 aromatic heterocycles. The number of anilines is 2. The quantitative estimate of drug-likeness (QED) is 0.688. The molecule has 1 fully saturated rings. The largest absolute Gasteiger partial charge is 0.394 e. The van der Waals surface area contributed by atoms with E-state index >= 15 is 0 Å². The Labute approximate surface area is 77.0 Å². The third-order valence-corrected chi connectivity index (χ3v) is 2.08. The summed E-state index contributed by atoms with van der Waals surface area (Å²) in [5.41, 5.74) is 6.44. The molecule has 1 aliphatic heterocycles. The third-order valence-electron chi connectivity index (χ3n) is 2.08. The van der Waals surface area contributed by atoms with Gasteiger partial charge in [0.2, 0.25) is 0 Å². The molecule has 2 rings (SSSR count). The number of rotatable bonds is 1. The molecular formula is C8H14N4O. The van der Waals surface area contributed by atoms with Crippen molar-refractivity contribution in [1.29, 1.82) is 0 Å². The van der Waals surface area contributed by atoms with E-state index in [2.05, 4.69) is 5.10 Å². The molecule has 1 saturated heterocycles. The average Bonchev–Trinajstić information content (AvgIpc) is 2.47. The van der Waals surface area contributed by atoms with E-state index in [-0.39, 0.29) is 0 Å². The maximum absolute atomic E-state index is 5.77. The second-order valence-corrected chi connectivity index (χ2v) is 3.22. The van der Waals surface area contributed by atoms with Crippen molar-refractivity contribution in [2.24, 2.45) is 7.05 Å². The number of hydrogen-bond donors (Lipinski definition) is 1. The summed E-state index contributed by atoms with van der Waals surface area (Å²) >= 11 is 0. The highest BCUT2D eigenvalue weighted by Gasteiger charge is 2.17. The van der Waals surface area contributed by atoms with Crippen molar-refractivity contribution in [3.8, 4) is 0 Å². The molecule has 0 unspecified atom stereocenters. The minimum Gasteiger partial charge on any atom is -0.394 e. The van der Waals surface area contributed by atoms with Crippen LogP contribution in [0.1, 0.15) is 12.8 Å². The zero-order valence-corrected chi connectivity index (χ0v) is 7.73. The van der Waals surface area contributed by atoms with Crippen LogP contribution in [-0.4, -0.2) is 22.9 Å². The van der Waals surface area contributed by atoms with Gasteiger partial charge in [-0.15, -0.1) is 0 Å². The molecule has 0 bridgehead atoms. The van der Waals surface area contributed by atoms with E-state index in [9.17, 15) is 0 Å². The van der Waals surface area contributed by atoms with Gasteiger partial charge in [-0.2, -0.15) is 5.10 Å². The lowest BCUT2D eigenvalue weighted by Crippen LogP contribution is -2.30. The molecule has 0 aromatic carbocycles. The molecule has 5 nitrogen and oxygen atoms in total. The number of hydroxylamine groups is 1. The number of aromatic nitrogens is 2. The summed E-state index contributed by atoms with van der Waals surface area (Å²) < 4.78 is 1.70. The summed E-state index contributed by atoms with van der Waals surface area (Å²) in [7, 11) is 1.85. The number of nitrogens with zero attached hydrogens (tertiary/aromatic N) is 3. The molecule has 0 amide bonds. The summed E-state index contributed by atoms with van der Waals surface area (Å²) in [4.78, 5) is 5.44. The number of aryl methyl sites for hydroxylation is 1. The zero-order chi connectivity index (χ0) is 9.26. The SMILES string of the molecule is Cn1cc(N)c(N2CCCCO2)n1. The summed E-state index contributed by atoms with van der Waals surface area (Å²) in [6.07, 6.45) is 4.03. The maximum atomic E-state index is 5.77. The van der Waals surface area contributed by atoms with Crippen LogP contribution in [0.5, 0.6) is 0 Å². The van der Waals surface area contributed by atoms with Gasteiger partial charge in [0.15, 0.2) is 5.82 Å². The van der Waals surface area contributed by atoms with E-state index in [1.165, 1.54) is 0 Å². The standard InChI is InChI=1S/C8H14N4O/c1-11-6-7(9)8(10-11)12-4-2-3-5-13-12/h6H,2-5,9H2,1H3. The van der Waals surface area contributed by atoms with Crippen LogP contribution in [0.25, 0.3) is 0 Å². The monoisotopic (exact) mass is 182 g/mol. The van der Waals surface area contributed by atoms with E-state index < -0.39 is 0 Å². The lowest BCUT2D eigenvalue weighted by molar-refractivity contribution is 0.0762. The molecule has 0 atom stereocenters. The fourth-order valence-electron chi connectivity index (χ4n) is 1.45. The van der Waals surface area contributed by atoms with E-state index in [0.717, 1.165) is 31.8 Å². The predicted octanol–water partition coefficient (Wildman–Crippen LogP) is 0.534. The van der Waals surface area contributed by atoms with Crippen LogP contribution in [-0.2, 0) is 11.9 Å². The second kappa shape index (κ2) is 3.26. The van der Waals surface area contributed by atoms with Crippen molar-refractivity contribution in [3.05, 3.63) is 6.20 Å². The first-order valence-corrected chi connectivity index (χ1v) is 4.47. The Kier molecular flexibility index (Phi) is 2.10. The van der Waals surface area contributed by atoms with Gasteiger partial charge >= 0.3 is 0 Å². The molecule has 2 N–H and O–H groups in total. The Morgan fingerprint density at radius 2 is 2.38 bits per heavy atom. The molecule has 1 aromatic rings. The summed E-state index contributed by atoms with van der Waals surface area (Å²) in [5, 5.41) is 6.00. The number of nitrogens with two attached hydrogens (primary N) is 1. The number of nitrogen functional groups attached to an aromatic ring is 1. The first-order chi connectivity index (χ1) is 6.27. The van der Waals surface area contributed by atoms with Crippen molar-refractivity contribution in [1.82, 2.24) is 9.78 Å². The Morgan fingerprint density at radius 3 is 2.92 bits per heavy atom. The summed E-state index contributed by atoms with van der Waals surface area (Å²) in [5.74, 6) is 0.738. The highest BCUT2D eigenvalue weighted by molar-refractivity contribution is 5.60. The van der Waals surface area contributed by atoms with Crippen molar-refractivity contribution in [2.45, 2.75) is 12.8 Å². The van der Waals surface area contributed by atoms with E-state index in [1.807, 2.05) is 7.05 Å². The Hall–Kier alpha value is -1.23.